The number of nitro benzene ring substituents is 1. The Labute approximate surface area is 149 Å². The lowest BCUT2D eigenvalue weighted by Gasteiger charge is -2.05. The Bertz CT molecular complexity index is 868. The number of benzene rings is 2. The van der Waals surface area contributed by atoms with Crippen molar-refractivity contribution in [1.82, 2.24) is 9.78 Å². The van der Waals surface area contributed by atoms with Gasteiger partial charge in [0.1, 0.15) is 5.82 Å². The Balaban J connectivity index is 0.00000208. The van der Waals surface area contributed by atoms with Crippen molar-refractivity contribution in [3.05, 3.63) is 70.4 Å². The van der Waals surface area contributed by atoms with E-state index in [0.29, 0.717) is 5.82 Å². The molecule has 0 radical (unpaired) electrons. The average molecular weight is 362 g/mol. The van der Waals surface area contributed by atoms with Crippen molar-refractivity contribution in [2.45, 2.75) is 16.7 Å². The first kappa shape index (κ1) is 17.8. The fourth-order valence-corrected chi connectivity index (χ4v) is 3.14. The van der Waals surface area contributed by atoms with Crippen molar-refractivity contribution < 1.29 is 17.3 Å². The molecule has 3 rings (SSSR count). The number of rotatable bonds is 4. The second-order valence-corrected chi connectivity index (χ2v) is 5.99. The predicted molar refractivity (Wildman–Crippen MR) is 89.9 cm³/mol. The number of anilines is 1. The number of aromatic nitrogens is 2. The Hall–Kier alpha value is -2.51. The minimum absolute atomic E-state index is 0. The summed E-state index contributed by atoms with van der Waals surface area (Å²) in [5, 5.41) is 15.4. The summed E-state index contributed by atoms with van der Waals surface area (Å²) in [6, 6.07) is 16.1. The van der Waals surface area contributed by atoms with E-state index in [1.807, 2.05) is 43.3 Å². The summed E-state index contributed by atoms with van der Waals surface area (Å²) < 4.78 is 1.68. The lowest BCUT2D eigenvalue weighted by Crippen LogP contribution is -3.00. The Morgan fingerprint density at radius 2 is 1.88 bits per heavy atom. The van der Waals surface area contributed by atoms with Gasteiger partial charge < -0.3 is 18.1 Å². The van der Waals surface area contributed by atoms with Crippen LogP contribution in [-0.2, 0) is 0 Å². The van der Waals surface area contributed by atoms with Gasteiger partial charge in [-0.1, -0.05) is 36.0 Å². The zero-order chi connectivity index (χ0) is 16.4. The molecule has 0 spiro atoms. The van der Waals surface area contributed by atoms with Crippen molar-refractivity contribution in [2.24, 2.45) is 0 Å². The quantitative estimate of drug-likeness (QED) is 0.549. The van der Waals surface area contributed by atoms with E-state index < -0.39 is 4.92 Å². The highest BCUT2D eigenvalue weighted by molar-refractivity contribution is 7.99. The standard InChI is InChI=1S/C16H14N4O2S.ClH/c1-11-15(23-14-9-5-8-13(10-14)20(21)22)16(17)19(18-11)12-6-3-2-4-7-12;/h2-10H,17H2,1H3;1H/p-1. The minimum atomic E-state index is -0.409. The molecule has 1 aromatic heterocycles. The van der Waals surface area contributed by atoms with Crippen LogP contribution in [0.1, 0.15) is 5.69 Å². The number of hydrogen-bond donors (Lipinski definition) is 1. The van der Waals surface area contributed by atoms with Crippen molar-refractivity contribution in [1.29, 1.82) is 0 Å². The SMILES string of the molecule is Cc1nn(-c2ccccc2)c(N)c1Sc1cccc([N+](=O)[O-])c1.[Cl-]. The van der Waals surface area contributed by atoms with Crippen LogP contribution in [0.3, 0.4) is 0 Å². The molecule has 24 heavy (non-hydrogen) atoms. The molecular formula is C16H14ClN4O2S-. The molecule has 2 N–H and O–H groups in total. The van der Waals surface area contributed by atoms with Gasteiger partial charge >= 0.3 is 0 Å². The molecule has 0 saturated heterocycles. The van der Waals surface area contributed by atoms with Crippen molar-refractivity contribution in [3.63, 3.8) is 0 Å². The van der Waals surface area contributed by atoms with Crippen LogP contribution in [-0.4, -0.2) is 14.7 Å². The van der Waals surface area contributed by atoms with Crippen LogP contribution in [0.4, 0.5) is 11.5 Å². The van der Waals surface area contributed by atoms with Gasteiger partial charge in [0.05, 0.1) is 21.2 Å². The molecular weight excluding hydrogens is 348 g/mol. The van der Waals surface area contributed by atoms with Gasteiger partial charge in [-0.3, -0.25) is 10.1 Å². The van der Waals surface area contributed by atoms with Crippen molar-refractivity contribution >= 4 is 23.3 Å². The molecule has 0 aliphatic rings. The summed E-state index contributed by atoms with van der Waals surface area (Å²) in [6.07, 6.45) is 0. The Kier molecular flexibility index (Phi) is 5.48. The smallest absolute Gasteiger partial charge is 0.270 e. The summed E-state index contributed by atoms with van der Waals surface area (Å²) in [6.45, 7) is 1.87. The monoisotopic (exact) mass is 361 g/mol. The van der Waals surface area contributed by atoms with E-state index in [-0.39, 0.29) is 18.1 Å². The van der Waals surface area contributed by atoms with Crippen molar-refractivity contribution in [2.75, 3.05) is 5.73 Å². The van der Waals surface area contributed by atoms with Gasteiger partial charge in [0.2, 0.25) is 0 Å². The highest BCUT2D eigenvalue weighted by Gasteiger charge is 2.16. The summed E-state index contributed by atoms with van der Waals surface area (Å²) in [7, 11) is 0. The van der Waals surface area contributed by atoms with Crippen LogP contribution in [0.25, 0.3) is 5.69 Å². The number of nitrogens with two attached hydrogens (primary N) is 1. The van der Waals surface area contributed by atoms with E-state index in [0.717, 1.165) is 21.2 Å². The zero-order valence-electron chi connectivity index (χ0n) is 12.7. The first-order chi connectivity index (χ1) is 11.1. The Morgan fingerprint density at radius 3 is 2.54 bits per heavy atom. The largest absolute Gasteiger partial charge is 1.00 e. The van der Waals surface area contributed by atoms with E-state index in [9.17, 15) is 10.1 Å². The number of nitro groups is 1. The number of aryl methyl sites for hydroxylation is 1. The molecule has 2 aromatic carbocycles. The fraction of sp³-hybridized carbons (Fsp3) is 0.0625. The molecule has 0 unspecified atom stereocenters. The predicted octanol–water partition coefficient (Wildman–Crippen LogP) is 0.826. The lowest BCUT2D eigenvalue weighted by atomic mass is 10.3. The van der Waals surface area contributed by atoms with Crippen LogP contribution in [0.2, 0.25) is 0 Å². The zero-order valence-corrected chi connectivity index (χ0v) is 14.3. The van der Waals surface area contributed by atoms with E-state index in [4.69, 9.17) is 5.73 Å². The number of non-ortho nitro benzene ring substituents is 1. The third-order valence-corrected chi connectivity index (χ3v) is 4.49. The molecule has 124 valence electrons. The minimum Gasteiger partial charge on any atom is -1.00 e. The summed E-state index contributed by atoms with van der Waals surface area (Å²) in [5.74, 6) is 0.519. The van der Waals surface area contributed by atoms with Gasteiger partial charge in [-0.2, -0.15) is 5.10 Å². The third-order valence-electron chi connectivity index (χ3n) is 3.29. The first-order valence-corrected chi connectivity index (χ1v) is 7.71. The van der Waals surface area contributed by atoms with Crippen LogP contribution >= 0.6 is 11.8 Å². The molecule has 0 fully saturated rings. The normalized spacial score (nSPS) is 10.2. The molecule has 0 amide bonds. The molecule has 3 aromatic rings. The van der Waals surface area contributed by atoms with Gasteiger partial charge in [-0.05, 0) is 25.1 Å². The van der Waals surface area contributed by atoms with Crippen LogP contribution < -0.4 is 18.1 Å². The number of para-hydroxylation sites is 1. The fourth-order valence-electron chi connectivity index (χ4n) is 2.20. The number of nitrogen functional groups attached to an aromatic ring is 1. The van der Waals surface area contributed by atoms with Crippen molar-refractivity contribution in [3.8, 4) is 5.69 Å². The average Bonchev–Trinajstić information content (AvgIpc) is 2.84. The molecule has 0 saturated carbocycles. The van der Waals surface area contributed by atoms with Gasteiger partial charge in [-0.15, -0.1) is 0 Å². The maximum absolute atomic E-state index is 10.9. The molecule has 6 nitrogen and oxygen atoms in total. The molecule has 0 bridgehead atoms. The van der Waals surface area contributed by atoms with E-state index in [2.05, 4.69) is 5.10 Å². The number of nitrogens with zero attached hydrogens (tertiary/aromatic N) is 3. The summed E-state index contributed by atoms with van der Waals surface area (Å²) >= 11 is 1.38. The van der Waals surface area contributed by atoms with Gasteiger partial charge in [0.25, 0.3) is 5.69 Å². The molecule has 0 aliphatic carbocycles. The van der Waals surface area contributed by atoms with E-state index in [1.165, 1.54) is 23.9 Å². The second-order valence-electron chi connectivity index (χ2n) is 4.90. The highest BCUT2D eigenvalue weighted by Crippen LogP contribution is 2.36. The lowest BCUT2D eigenvalue weighted by molar-refractivity contribution is -0.385. The maximum Gasteiger partial charge on any atom is 0.270 e. The topological polar surface area (TPSA) is 87.0 Å². The molecule has 0 aliphatic heterocycles. The summed E-state index contributed by atoms with van der Waals surface area (Å²) in [5.41, 5.74) is 7.94. The van der Waals surface area contributed by atoms with E-state index in [1.54, 1.807) is 10.7 Å². The molecule has 1 heterocycles. The number of hydrogen-bond acceptors (Lipinski definition) is 5. The Morgan fingerprint density at radius 1 is 1.17 bits per heavy atom. The van der Waals surface area contributed by atoms with Crippen LogP contribution in [0.15, 0.2) is 64.4 Å². The summed E-state index contributed by atoms with van der Waals surface area (Å²) in [4.78, 5) is 12.0. The van der Waals surface area contributed by atoms with E-state index >= 15 is 0 Å². The van der Waals surface area contributed by atoms with Gasteiger partial charge in [0, 0.05) is 17.0 Å². The molecule has 8 heteroatoms. The third kappa shape index (κ3) is 3.52. The van der Waals surface area contributed by atoms with Gasteiger partial charge in [0.15, 0.2) is 0 Å². The van der Waals surface area contributed by atoms with Crippen LogP contribution in [0.5, 0.6) is 0 Å². The first-order valence-electron chi connectivity index (χ1n) is 6.89. The number of halogens is 1. The van der Waals surface area contributed by atoms with Crippen LogP contribution in [0, 0.1) is 17.0 Å². The highest BCUT2D eigenvalue weighted by atomic mass is 35.5. The van der Waals surface area contributed by atoms with Gasteiger partial charge in [-0.25, -0.2) is 4.68 Å². The molecule has 0 atom stereocenters. The maximum atomic E-state index is 10.9. The second kappa shape index (κ2) is 7.37.